The smallest absolute Gasteiger partial charge is 0.264 e. The zero-order chi connectivity index (χ0) is 20.5. The number of fused-ring (bicyclic) bond motifs is 1. The highest BCUT2D eigenvalue weighted by Gasteiger charge is 2.24. The van der Waals surface area contributed by atoms with Crippen molar-refractivity contribution in [3.8, 4) is 22.8 Å². The van der Waals surface area contributed by atoms with Crippen molar-refractivity contribution < 1.29 is 14.3 Å². The third-order valence-electron chi connectivity index (χ3n) is 5.51. The molecule has 2 aromatic heterocycles. The first kappa shape index (κ1) is 19.1. The Bertz CT molecular complexity index is 1040. The van der Waals surface area contributed by atoms with Gasteiger partial charge in [0.25, 0.3) is 5.91 Å². The molecule has 30 heavy (non-hydrogen) atoms. The minimum absolute atomic E-state index is 0.142. The molecule has 3 aromatic rings. The van der Waals surface area contributed by atoms with Crippen LogP contribution in [0.3, 0.4) is 0 Å². The SMILES string of the molecule is Cn1cc(CN2CCN(C(=O)c3cccs3)CC2)c(-c2ccc3c(c2)OCCO3)n1. The van der Waals surface area contributed by atoms with E-state index in [9.17, 15) is 4.79 Å². The summed E-state index contributed by atoms with van der Waals surface area (Å²) in [5, 5.41) is 6.65. The molecule has 0 unspecified atom stereocenters. The van der Waals surface area contributed by atoms with E-state index in [4.69, 9.17) is 14.6 Å². The van der Waals surface area contributed by atoms with E-state index in [2.05, 4.69) is 11.1 Å². The number of aryl methyl sites for hydroxylation is 1. The van der Waals surface area contributed by atoms with Crippen LogP contribution < -0.4 is 9.47 Å². The van der Waals surface area contributed by atoms with E-state index < -0.39 is 0 Å². The topological polar surface area (TPSA) is 59.8 Å². The lowest BCUT2D eigenvalue weighted by atomic mass is 10.1. The lowest BCUT2D eigenvalue weighted by Gasteiger charge is -2.34. The molecule has 2 aliphatic heterocycles. The molecule has 1 fully saturated rings. The highest BCUT2D eigenvalue weighted by atomic mass is 32.1. The van der Waals surface area contributed by atoms with Crippen LogP contribution in [0.5, 0.6) is 11.5 Å². The summed E-state index contributed by atoms with van der Waals surface area (Å²) in [5.41, 5.74) is 3.17. The number of aromatic nitrogens is 2. The number of rotatable bonds is 4. The van der Waals surface area contributed by atoms with Gasteiger partial charge in [-0.3, -0.25) is 14.4 Å². The van der Waals surface area contributed by atoms with E-state index in [1.807, 2.05) is 52.3 Å². The van der Waals surface area contributed by atoms with Crippen LogP contribution in [0.4, 0.5) is 0 Å². The molecular formula is C22H24N4O3S. The van der Waals surface area contributed by atoms with Crippen LogP contribution in [0.25, 0.3) is 11.3 Å². The number of carbonyl (C=O) groups is 1. The fourth-order valence-electron chi connectivity index (χ4n) is 3.99. The molecule has 7 nitrogen and oxygen atoms in total. The number of amides is 1. The van der Waals surface area contributed by atoms with Gasteiger partial charge < -0.3 is 14.4 Å². The average Bonchev–Trinajstić information content (AvgIpc) is 3.43. The fourth-order valence-corrected chi connectivity index (χ4v) is 4.68. The number of hydrogen-bond acceptors (Lipinski definition) is 6. The van der Waals surface area contributed by atoms with Gasteiger partial charge in [0, 0.05) is 57.1 Å². The molecule has 0 aliphatic carbocycles. The summed E-state index contributed by atoms with van der Waals surface area (Å²) in [6.07, 6.45) is 2.08. The van der Waals surface area contributed by atoms with E-state index in [0.717, 1.165) is 60.4 Å². The van der Waals surface area contributed by atoms with Crippen LogP contribution in [-0.4, -0.2) is 64.9 Å². The Balaban J connectivity index is 1.28. The third-order valence-corrected chi connectivity index (χ3v) is 6.36. The number of carbonyl (C=O) groups excluding carboxylic acids is 1. The second-order valence-electron chi connectivity index (χ2n) is 7.58. The molecule has 1 aromatic carbocycles. The molecule has 2 aliphatic rings. The van der Waals surface area contributed by atoms with E-state index in [0.29, 0.717) is 13.2 Å². The Kier molecular flexibility index (Phi) is 5.18. The number of ether oxygens (including phenoxy) is 2. The number of nitrogens with zero attached hydrogens (tertiary/aromatic N) is 4. The van der Waals surface area contributed by atoms with Gasteiger partial charge in [-0.2, -0.15) is 5.10 Å². The number of thiophene rings is 1. The summed E-state index contributed by atoms with van der Waals surface area (Å²) >= 11 is 1.51. The van der Waals surface area contributed by atoms with E-state index in [1.54, 1.807) is 0 Å². The van der Waals surface area contributed by atoms with Gasteiger partial charge in [-0.05, 0) is 29.6 Å². The second kappa shape index (κ2) is 8.12. The van der Waals surface area contributed by atoms with Crippen molar-refractivity contribution >= 4 is 17.2 Å². The zero-order valence-electron chi connectivity index (χ0n) is 16.9. The van der Waals surface area contributed by atoms with Crippen molar-refractivity contribution in [2.45, 2.75) is 6.54 Å². The van der Waals surface area contributed by atoms with Crippen molar-refractivity contribution in [2.24, 2.45) is 7.05 Å². The van der Waals surface area contributed by atoms with E-state index in [-0.39, 0.29) is 5.91 Å². The summed E-state index contributed by atoms with van der Waals surface area (Å²) in [6, 6.07) is 9.83. The first-order valence-corrected chi connectivity index (χ1v) is 11.0. The largest absolute Gasteiger partial charge is 0.486 e. The zero-order valence-corrected chi connectivity index (χ0v) is 17.7. The molecule has 0 saturated carbocycles. The Morgan fingerprint density at radius 2 is 1.90 bits per heavy atom. The molecule has 4 heterocycles. The molecule has 8 heteroatoms. The maximum absolute atomic E-state index is 12.6. The first-order chi connectivity index (χ1) is 14.7. The van der Waals surface area contributed by atoms with E-state index in [1.165, 1.54) is 16.9 Å². The lowest BCUT2D eigenvalue weighted by Crippen LogP contribution is -2.48. The molecule has 0 N–H and O–H groups in total. The summed E-state index contributed by atoms with van der Waals surface area (Å²) in [5.74, 6) is 1.70. The van der Waals surface area contributed by atoms with Crippen LogP contribution in [0.1, 0.15) is 15.2 Å². The Morgan fingerprint density at radius 1 is 1.10 bits per heavy atom. The summed E-state index contributed by atoms with van der Waals surface area (Å²) in [6.45, 7) is 5.16. The van der Waals surface area contributed by atoms with Crippen LogP contribution in [-0.2, 0) is 13.6 Å². The lowest BCUT2D eigenvalue weighted by molar-refractivity contribution is 0.0633. The van der Waals surface area contributed by atoms with Gasteiger partial charge >= 0.3 is 0 Å². The van der Waals surface area contributed by atoms with Crippen LogP contribution in [0.15, 0.2) is 41.9 Å². The van der Waals surface area contributed by atoms with Crippen molar-refractivity contribution in [2.75, 3.05) is 39.4 Å². The second-order valence-corrected chi connectivity index (χ2v) is 8.53. The quantitative estimate of drug-likeness (QED) is 0.645. The monoisotopic (exact) mass is 424 g/mol. The standard InChI is InChI=1S/C22H24N4O3S/c1-24-14-17(21(23-24)16-4-5-18-19(13-16)29-11-10-28-18)15-25-6-8-26(9-7-25)22(27)20-3-2-12-30-20/h2-5,12-14H,6-11,15H2,1H3. The van der Waals surface area contributed by atoms with Gasteiger partial charge in [-0.1, -0.05) is 6.07 Å². The molecule has 0 atom stereocenters. The number of piperazine rings is 1. The normalized spacial score (nSPS) is 16.6. The highest BCUT2D eigenvalue weighted by molar-refractivity contribution is 7.12. The fraction of sp³-hybridized carbons (Fsp3) is 0.364. The number of benzene rings is 1. The molecule has 1 amide bonds. The predicted octanol–water partition coefficient (Wildman–Crippen LogP) is 2.88. The van der Waals surface area contributed by atoms with Gasteiger partial charge in [-0.25, -0.2) is 0 Å². The van der Waals surface area contributed by atoms with Crippen molar-refractivity contribution in [3.05, 3.63) is 52.3 Å². The van der Waals surface area contributed by atoms with Gasteiger partial charge in [0.2, 0.25) is 0 Å². The Morgan fingerprint density at radius 3 is 2.67 bits per heavy atom. The van der Waals surface area contributed by atoms with Crippen LogP contribution in [0.2, 0.25) is 0 Å². The van der Waals surface area contributed by atoms with Crippen LogP contribution in [0, 0.1) is 0 Å². The van der Waals surface area contributed by atoms with Gasteiger partial charge in [0.1, 0.15) is 13.2 Å². The van der Waals surface area contributed by atoms with E-state index >= 15 is 0 Å². The highest BCUT2D eigenvalue weighted by Crippen LogP contribution is 2.35. The predicted molar refractivity (Wildman–Crippen MR) is 115 cm³/mol. The molecule has 0 bridgehead atoms. The summed E-state index contributed by atoms with van der Waals surface area (Å²) in [7, 11) is 1.95. The molecule has 1 saturated heterocycles. The third kappa shape index (κ3) is 3.80. The minimum atomic E-state index is 0.142. The Hall–Kier alpha value is -2.84. The molecule has 0 radical (unpaired) electrons. The summed E-state index contributed by atoms with van der Waals surface area (Å²) < 4.78 is 13.2. The van der Waals surface area contributed by atoms with Crippen molar-refractivity contribution in [1.29, 1.82) is 0 Å². The molecular weight excluding hydrogens is 400 g/mol. The molecule has 5 rings (SSSR count). The maximum Gasteiger partial charge on any atom is 0.264 e. The Labute approximate surface area is 179 Å². The molecule has 0 spiro atoms. The minimum Gasteiger partial charge on any atom is -0.486 e. The van der Waals surface area contributed by atoms with Crippen molar-refractivity contribution in [3.63, 3.8) is 0 Å². The maximum atomic E-state index is 12.6. The first-order valence-electron chi connectivity index (χ1n) is 10.1. The van der Waals surface area contributed by atoms with Gasteiger partial charge in [0.05, 0.1) is 10.6 Å². The average molecular weight is 425 g/mol. The number of hydrogen-bond donors (Lipinski definition) is 0. The van der Waals surface area contributed by atoms with Crippen LogP contribution >= 0.6 is 11.3 Å². The van der Waals surface area contributed by atoms with Gasteiger partial charge in [-0.15, -0.1) is 11.3 Å². The summed E-state index contributed by atoms with van der Waals surface area (Å²) in [4.78, 5) is 17.7. The van der Waals surface area contributed by atoms with Gasteiger partial charge in [0.15, 0.2) is 11.5 Å². The molecule has 156 valence electrons. The van der Waals surface area contributed by atoms with Crippen molar-refractivity contribution in [1.82, 2.24) is 19.6 Å².